The van der Waals surface area contributed by atoms with Gasteiger partial charge < -0.3 is 10.0 Å². The highest BCUT2D eigenvalue weighted by Gasteiger charge is 2.29. The molecule has 1 aliphatic rings. The van der Waals surface area contributed by atoms with E-state index in [1.807, 2.05) is 4.90 Å². The van der Waals surface area contributed by atoms with E-state index in [1.54, 1.807) is 24.3 Å². The van der Waals surface area contributed by atoms with Crippen molar-refractivity contribution in [2.45, 2.75) is 31.7 Å². The summed E-state index contributed by atoms with van der Waals surface area (Å²) in [7, 11) is 0. The molecule has 0 aromatic heterocycles. The molecule has 98 valence electrons. The Bertz CT molecular complexity index is 422. The molecule has 1 aromatic carbocycles. The van der Waals surface area contributed by atoms with Crippen molar-refractivity contribution in [1.82, 2.24) is 4.90 Å². The molecule has 0 aliphatic carbocycles. The minimum atomic E-state index is -0.0369. The fourth-order valence-corrected chi connectivity index (χ4v) is 2.85. The molecular formula is C14H18BrNO2. The summed E-state index contributed by atoms with van der Waals surface area (Å²) in [6, 6.07) is 7.11. The number of para-hydroxylation sites is 1. The fourth-order valence-electron chi connectivity index (χ4n) is 2.53. The summed E-state index contributed by atoms with van der Waals surface area (Å²) in [5, 5.41) is 10.7. The van der Waals surface area contributed by atoms with Crippen LogP contribution in [0.15, 0.2) is 24.3 Å². The molecule has 1 aromatic rings. The van der Waals surface area contributed by atoms with Crippen LogP contribution in [-0.2, 0) is 0 Å². The van der Waals surface area contributed by atoms with Crippen LogP contribution in [0.2, 0.25) is 0 Å². The number of hydrogen-bond donors (Lipinski definition) is 1. The lowest BCUT2D eigenvalue weighted by atomic mass is 10.1. The van der Waals surface area contributed by atoms with Gasteiger partial charge in [0.15, 0.2) is 0 Å². The average Bonchev–Trinajstić information content (AvgIpc) is 2.84. The largest absolute Gasteiger partial charge is 0.507 e. The normalized spacial score (nSPS) is 19.2. The maximum atomic E-state index is 12.4. The summed E-state index contributed by atoms with van der Waals surface area (Å²) in [6.07, 6.45) is 4.25. The molecule has 1 aliphatic heterocycles. The van der Waals surface area contributed by atoms with Crippen molar-refractivity contribution >= 4 is 21.8 Å². The van der Waals surface area contributed by atoms with E-state index in [4.69, 9.17) is 0 Å². The second-order valence-electron chi connectivity index (χ2n) is 4.64. The van der Waals surface area contributed by atoms with Gasteiger partial charge in [-0.25, -0.2) is 0 Å². The van der Waals surface area contributed by atoms with Gasteiger partial charge in [0.05, 0.1) is 5.56 Å². The highest BCUT2D eigenvalue weighted by molar-refractivity contribution is 9.09. The number of carbonyl (C=O) groups is 1. The number of halogens is 1. The van der Waals surface area contributed by atoms with Crippen LogP contribution in [0.25, 0.3) is 0 Å². The molecule has 0 bridgehead atoms. The highest BCUT2D eigenvalue weighted by atomic mass is 79.9. The molecule has 1 unspecified atom stereocenters. The zero-order valence-corrected chi connectivity index (χ0v) is 11.9. The zero-order valence-electron chi connectivity index (χ0n) is 10.3. The first-order valence-electron chi connectivity index (χ1n) is 6.39. The van der Waals surface area contributed by atoms with E-state index < -0.39 is 0 Å². The van der Waals surface area contributed by atoms with Gasteiger partial charge in [-0.1, -0.05) is 28.1 Å². The second-order valence-corrected chi connectivity index (χ2v) is 5.44. The number of phenolic OH excluding ortho intramolecular Hbond substituents is 1. The predicted octanol–water partition coefficient (Wildman–Crippen LogP) is 3.17. The SMILES string of the molecule is O=C(c1ccccc1O)N1CCCC1CCCBr. The van der Waals surface area contributed by atoms with E-state index in [9.17, 15) is 9.90 Å². The summed E-state index contributed by atoms with van der Waals surface area (Å²) < 4.78 is 0. The summed E-state index contributed by atoms with van der Waals surface area (Å²) >= 11 is 3.43. The first kappa shape index (κ1) is 13.4. The van der Waals surface area contributed by atoms with Gasteiger partial charge in [-0.2, -0.15) is 0 Å². The predicted molar refractivity (Wildman–Crippen MR) is 75.2 cm³/mol. The van der Waals surface area contributed by atoms with Gasteiger partial charge in [-0.15, -0.1) is 0 Å². The van der Waals surface area contributed by atoms with Crippen LogP contribution in [0.4, 0.5) is 0 Å². The molecule has 2 rings (SSSR count). The Labute approximate surface area is 116 Å². The Kier molecular flexibility index (Phi) is 4.64. The summed E-state index contributed by atoms with van der Waals surface area (Å²) in [6.45, 7) is 0.806. The lowest BCUT2D eigenvalue weighted by Crippen LogP contribution is -2.35. The number of alkyl halides is 1. The minimum absolute atomic E-state index is 0.0369. The molecule has 1 heterocycles. The lowest BCUT2D eigenvalue weighted by molar-refractivity contribution is 0.0727. The monoisotopic (exact) mass is 311 g/mol. The molecule has 0 saturated carbocycles. The van der Waals surface area contributed by atoms with Crippen LogP contribution < -0.4 is 0 Å². The van der Waals surface area contributed by atoms with Gasteiger partial charge in [-0.3, -0.25) is 4.79 Å². The van der Waals surface area contributed by atoms with Gasteiger partial charge in [0.2, 0.25) is 0 Å². The van der Waals surface area contributed by atoms with E-state index in [0.717, 1.165) is 37.6 Å². The van der Waals surface area contributed by atoms with Crippen LogP contribution >= 0.6 is 15.9 Å². The first-order chi connectivity index (χ1) is 8.74. The van der Waals surface area contributed by atoms with Crippen LogP contribution in [0.5, 0.6) is 5.75 Å². The van der Waals surface area contributed by atoms with E-state index >= 15 is 0 Å². The van der Waals surface area contributed by atoms with Crippen LogP contribution in [0.3, 0.4) is 0 Å². The number of benzene rings is 1. The Morgan fingerprint density at radius 3 is 2.94 bits per heavy atom. The van der Waals surface area contributed by atoms with Gasteiger partial charge in [0.1, 0.15) is 5.75 Å². The van der Waals surface area contributed by atoms with Crippen molar-refractivity contribution in [2.75, 3.05) is 11.9 Å². The van der Waals surface area contributed by atoms with E-state index in [2.05, 4.69) is 15.9 Å². The van der Waals surface area contributed by atoms with Crippen molar-refractivity contribution in [3.05, 3.63) is 29.8 Å². The summed E-state index contributed by atoms with van der Waals surface area (Å²) in [5.74, 6) is 0.0406. The number of rotatable bonds is 4. The van der Waals surface area contributed by atoms with Crippen molar-refractivity contribution in [1.29, 1.82) is 0 Å². The number of amides is 1. The molecule has 4 heteroatoms. The number of aromatic hydroxyl groups is 1. The maximum absolute atomic E-state index is 12.4. The van der Waals surface area contributed by atoms with Gasteiger partial charge >= 0.3 is 0 Å². The Hall–Kier alpha value is -1.03. The lowest BCUT2D eigenvalue weighted by Gasteiger charge is -2.25. The third kappa shape index (κ3) is 2.86. The Morgan fingerprint density at radius 1 is 1.44 bits per heavy atom. The Morgan fingerprint density at radius 2 is 2.22 bits per heavy atom. The van der Waals surface area contributed by atoms with E-state index in [-0.39, 0.29) is 11.7 Å². The highest BCUT2D eigenvalue weighted by Crippen LogP contribution is 2.26. The topological polar surface area (TPSA) is 40.5 Å². The number of likely N-dealkylation sites (tertiary alicyclic amines) is 1. The van der Waals surface area contributed by atoms with Crippen LogP contribution in [0, 0.1) is 0 Å². The number of hydrogen-bond acceptors (Lipinski definition) is 2. The average molecular weight is 312 g/mol. The third-order valence-corrected chi connectivity index (χ3v) is 4.00. The second kappa shape index (κ2) is 6.23. The smallest absolute Gasteiger partial charge is 0.257 e. The zero-order chi connectivity index (χ0) is 13.0. The molecule has 1 atom stereocenters. The summed E-state index contributed by atoms with van der Waals surface area (Å²) in [4.78, 5) is 14.3. The molecule has 1 saturated heterocycles. The van der Waals surface area contributed by atoms with Gasteiger partial charge in [0.25, 0.3) is 5.91 Å². The number of nitrogens with zero attached hydrogens (tertiary/aromatic N) is 1. The first-order valence-corrected chi connectivity index (χ1v) is 7.51. The van der Waals surface area contributed by atoms with Crippen LogP contribution in [0.1, 0.15) is 36.0 Å². The Balaban J connectivity index is 2.10. The van der Waals surface area contributed by atoms with E-state index in [1.165, 1.54) is 0 Å². The van der Waals surface area contributed by atoms with Gasteiger partial charge in [-0.05, 0) is 37.8 Å². The van der Waals surface area contributed by atoms with Crippen molar-refractivity contribution in [3.63, 3.8) is 0 Å². The minimum Gasteiger partial charge on any atom is -0.507 e. The molecule has 0 spiro atoms. The molecule has 1 fully saturated rings. The van der Waals surface area contributed by atoms with Crippen molar-refractivity contribution in [2.24, 2.45) is 0 Å². The maximum Gasteiger partial charge on any atom is 0.257 e. The number of carbonyl (C=O) groups excluding carboxylic acids is 1. The molecular weight excluding hydrogens is 294 g/mol. The number of phenols is 1. The fraction of sp³-hybridized carbons (Fsp3) is 0.500. The molecule has 1 N–H and O–H groups in total. The third-order valence-electron chi connectivity index (χ3n) is 3.44. The molecule has 18 heavy (non-hydrogen) atoms. The van der Waals surface area contributed by atoms with Crippen molar-refractivity contribution < 1.29 is 9.90 Å². The van der Waals surface area contributed by atoms with Crippen LogP contribution in [-0.4, -0.2) is 33.8 Å². The molecule has 1 amide bonds. The van der Waals surface area contributed by atoms with E-state index in [0.29, 0.717) is 11.6 Å². The van der Waals surface area contributed by atoms with Crippen molar-refractivity contribution in [3.8, 4) is 5.75 Å². The summed E-state index contributed by atoms with van der Waals surface area (Å²) in [5.41, 5.74) is 0.420. The quantitative estimate of drug-likeness (QED) is 0.868. The molecule has 0 radical (unpaired) electrons. The molecule has 3 nitrogen and oxygen atoms in total. The van der Waals surface area contributed by atoms with Gasteiger partial charge in [0, 0.05) is 17.9 Å². The standard InChI is InChI=1S/C14H18BrNO2/c15-9-3-5-11-6-4-10-16(11)14(18)12-7-1-2-8-13(12)17/h1-2,7-8,11,17H,3-6,9-10H2.